The van der Waals surface area contributed by atoms with E-state index in [1.807, 2.05) is 42.5 Å². The van der Waals surface area contributed by atoms with E-state index in [0.717, 1.165) is 15.7 Å². The van der Waals surface area contributed by atoms with E-state index >= 15 is 0 Å². The maximum absolute atomic E-state index is 13.4. The number of esters is 1. The summed E-state index contributed by atoms with van der Waals surface area (Å²) in [7, 11) is 0. The van der Waals surface area contributed by atoms with Crippen LogP contribution >= 0.6 is 23.2 Å². The lowest BCUT2D eigenvalue weighted by Crippen LogP contribution is -2.29. The van der Waals surface area contributed by atoms with E-state index in [2.05, 4.69) is 5.32 Å². The Balaban J connectivity index is 1.73. The minimum Gasteiger partial charge on any atom is -0.461 e. The van der Waals surface area contributed by atoms with E-state index in [1.165, 1.54) is 0 Å². The van der Waals surface area contributed by atoms with Crippen molar-refractivity contribution in [1.29, 1.82) is 0 Å². The topological polar surface area (TPSA) is 86.6 Å². The van der Waals surface area contributed by atoms with Crippen LogP contribution < -0.4 is 5.32 Å². The summed E-state index contributed by atoms with van der Waals surface area (Å²) in [6.07, 6.45) is -0.526. The Morgan fingerprint density at radius 2 is 1.62 bits per heavy atom. The smallest absolute Gasteiger partial charge is 0.419 e. The first kappa shape index (κ1) is 29.2. The van der Waals surface area contributed by atoms with Gasteiger partial charge in [0.25, 0.3) is 0 Å². The van der Waals surface area contributed by atoms with Crippen molar-refractivity contribution < 1.29 is 23.9 Å². The highest BCUT2D eigenvalue weighted by molar-refractivity contribution is 6.40. The molecule has 0 aliphatic rings. The predicted molar refractivity (Wildman–Crippen MR) is 158 cm³/mol. The SMILES string of the molecule is CCOC(=O)c1c(NCc2cccc(CC(=O)c3ccccc3)c2)c2c(Cl)cc(Cl)cc2n1C(=O)OC(C)(C)C. The highest BCUT2D eigenvalue weighted by Gasteiger charge is 2.31. The van der Waals surface area contributed by atoms with Crippen molar-refractivity contribution in [2.45, 2.75) is 46.3 Å². The van der Waals surface area contributed by atoms with Crippen molar-refractivity contribution >= 4 is 57.6 Å². The fourth-order valence-corrected chi connectivity index (χ4v) is 4.93. The van der Waals surface area contributed by atoms with Gasteiger partial charge in [0.1, 0.15) is 5.60 Å². The van der Waals surface area contributed by atoms with Crippen LogP contribution in [-0.4, -0.2) is 34.6 Å². The lowest BCUT2D eigenvalue weighted by Gasteiger charge is -2.21. The molecule has 208 valence electrons. The molecule has 0 saturated carbocycles. The molecular weight excluding hydrogens is 551 g/mol. The van der Waals surface area contributed by atoms with Gasteiger partial charge < -0.3 is 14.8 Å². The number of fused-ring (bicyclic) bond motifs is 1. The number of nitrogens with zero attached hydrogens (tertiary/aromatic N) is 1. The molecule has 7 nitrogen and oxygen atoms in total. The molecule has 1 aromatic heterocycles. The van der Waals surface area contributed by atoms with Gasteiger partial charge in [-0.1, -0.05) is 77.8 Å². The van der Waals surface area contributed by atoms with Gasteiger partial charge in [0.15, 0.2) is 11.5 Å². The largest absolute Gasteiger partial charge is 0.461 e. The first-order valence-corrected chi connectivity index (χ1v) is 13.6. The van der Waals surface area contributed by atoms with Gasteiger partial charge in [0.05, 0.1) is 22.8 Å². The average Bonchev–Trinajstić information content (AvgIpc) is 3.22. The van der Waals surface area contributed by atoms with Gasteiger partial charge in [0.2, 0.25) is 0 Å². The molecule has 40 heavy (non-hydrogen) atoms. The van der Waals surface area contributed by atoms with Crippen LogP contribution in [0.4, 0.5) is 10.5 Å². The zero-order chi connectivity index (χ0) is 29.0. The normalized spacial score (nSPS) is 11.3. The maximum atomic E-state index is 13.4. The number of halogens is 2. The van der Waals surface area contributed by atoms with Crippen LogP contribution in [0.25, 0.3) is 10.9 Å². The molecule has 0 radical (unpaired) electrons. The number of rotatable bonds is 8. The number of benzene rings is 3. The first-order chi connectivity index (χ1) is 19.0. The Morgan fingerprint density at radius 1 is 0.925 bits per heavy atom. The van der Waals surface area contributed by atoms with Crippen LogP contribution in [0.1, 0.15) is 59.7 Å². The van der Waals surface area contributed by atoms with E-state index in [4.69, 9.17) is 32.7 Å². The molecule has 0 aliphatic carbocycles. The van der Waals surface area contributed by atoms with Crippen LogP contribution in [0, 0.1) is 0 Å². The molecule has 0 saturated heterocycles. The van der Waals surface area contributed by atoms with Gasteiger partial charge in [0, 0.05) is 28.9 Å². The Bertz CT molecular complexity index is 1570. The van der Waals surface area contributed by atoms with E-state index in [-0.39, 0.29) is 41.1 Å². The lowest BCUT2D eigenvalue weighted by atomic mass is 10.0. The summed E-state index contributed by atoms with van der Waals surface area (Å²) in [5.74, 6) is -0.708. The number of nitrogens with one attached hydrogen (secondary N) is 1. The number of carbonyl (C=O) groups is 3. The van der Waals surface area contributed by atoms with E-state index in [1.54, 1.807) is 52.0 Å². The molecule has 0 spiro atoms. The Labute approximate surface area is 243 Å². The fourth-order valence-electron chi connectivity index (χ4n) is 4.35. The number of carbonyl (C=O) groups excluding carboxylic acids is 3. The predicted octanol–water partition coefficient (Wildman–Crippen LogP) is 7.95. The highest BCUT2D eigenvalue weighted by atomic mass is 35.5. The van der Waals surface area contributed by atoms with Gasteiger partial charge in [-0.25, -0.2) is 14.2 Å². The molecule has 0 amide bonds. The van der Waals surface area contributed by atoms with E-state index in [9.17, 15) is 14.4 Å². The van der Waals surface area contributed by atoms with Crippen LogP contribution in [0.3, 0.4) is 0 Å². The van der Waals surface area contributed by atoms with E-state index < -0.39 is 17.7 Å². The quantitative estimate of drug-likeness (QED) is 0.168. The van der Waals surface area contributed by atoms with Crippen LogP contribution in [0.15, 0.2) is 66.7 Å². The molecule has 4 aromatic rings. The molecule has 9 heteroatoms. The van der Waals surface area contributed by atoms with Gasteiger partial charge in [-0.3, -0.25) is 4.79 Å². The number of Topliss-reactive ketones (excluding diaryl/α,β-unsaturated/α-hetero) is 1. The summed E-state index contributed by atoms with van der Waals surface area (Å²) in [5.41, 5.74) is 2.09. The fraction of sp³-hybridized carbons (Fsp3) is 0.258. The third-order valence-corrected chi connectivity index (χ3v) is 6.47. The maximum Gasteiger partial charge on any atom is 0.419 e. The van der Waals surface area contributed by atoms with Crippen molar-refractivity contribution in [3.63, 3.8) is 0 Å². The van der Waals surface area contributed by atoms with Crippen LogP contribution in [0.5, 0.6) is 0 Å². The van der Waals surface area contributed by atoms with Crippen molar-refractivity contribution in [2.75, 3.05) is 11.9 Å². The second kappa shape index (κ2) is 12.1. The van der Waals surface area contributed by atoms with Crippen LogP contribution in [-0.2, 0) is 22.4 Å². The summed E-state index contributed by atoms with van der Waals surface area (Å²) in [6, 6.07) is 19.8. The van der Waals surface area contributed by atoms with Crippen LogP contribution in [0.2, 0.25) is 10.0 Å². The van der Waals surface area contributed by atoms with Crippen molar-refractivity contribution in [1.82, 2.24) is 4.57 Å². The number of hydrogen-bond acceptors (Lipinski definition) is 6. The van der Waals surface area contributed by atoms with E-state index in [0.29, 0.717) is 22.2 Å². The second-order valence-corrected chi connectivity index (χ2v) is 11.0. The van der Waals surface area contributed by atoms with Gasteiger partial charge in [-0.15, -0.1) is 0 Å². The molecule has 4 rings (SSSR count). The molecule has 1 N–H and O–H groups in total. The summed E-state index contributed by atoms with van der Waals surface area (Å²) in [5, 5.41) is 4.25. The third-order valence-electron chi connectivity index (χ3n) is 5.95. The van der Waals surface area contributed by atoms with Gasteiger partial charge >= 0.3 is 12.1 Å². The summed E-state index contributed by atoms with van der Waals surface area (Å²) >= 11 is 12.9. The standard InChI is InChI=1S/C31H30Cl2N2O5/c1-5-39-29(37)28-27(26-23(33)16-22(32)17-24(26)35(28)30(38)40-31(2,3)4)34-18-20-11-9-10-19(14-20)15-25(36)21-12-7-6-8-13-21/h6-14,16-17,34H,5,15,18H2,1-4H3. The number of ketones is 1. The first-order valence-electron chi connectivity index (χ1n) is 12.8. The Morgan fingerprint density at radius 3 is 2.30 bits per heavy atom. The number of ether oxygens (including phenoxy) is 2. The van der Waals surface area contributed by atoms with Crippen molar-refractivity contribution in [3.8, 4) is 0 Å². The minimum absolute atomic E-state index is 0.0133. The summed E-state index contributed by atoms with van der Waals surface area (Å²) in [6.45, 7) is 7.24. The molecular formula is C31H30Cl2N2O5. The zero-order valence-corrected chi connectivity index (χ0v) is 24.2. The summed E-state index contributed by atoms with van der Waals surface area (Å²) < 4.78 is 12.1. The monoisotopic (exact) mass is 580 g/mol. The Kier molecular flexibility index (Phi) is 8.86. The number of hydrogen-bond donors (Lipinski definition) is 1. The molecule has 0 bridgehead atoms. The third kappa shape index (κ3) is 6.66. The second-order valence-electron chi connectivity index (χ2n) is 10.2. The average molecular weight is 581 g/mol. The molecule has 0 aliphatic heterocycles. The molecule has 1 heterocycles. The molecule has 0 unspecified atom stereocenters. The Hall–Kier alpha value is -3.81. The lowest BCUT2D eigenvalue weighted by molar-refractivity contribution is 0.0455. The minimum atomic E-state index is -0.826. The molecule has 0 atom stereocenters. The van der Waals surface area contributed by atoms with Crippen molar-refractivity contribution in [2.24, 2.45) is 0 Å². The molecule has 3 aromatic carbocycles. The number of aromatic nitrogens is 1. The summed E-state index contributed by atoms with van der Waals surface area (Å²) in [4.78, 5) is 39.3. The highest BCUT2D eigenvalue weighted by Crippen LogP contribution is 2.39. The van der Waals surface area contributed by atoms with Gasteiger partial charge in [-0.2, -0.15) is 0 Å². The van der Waals surface area contributed by atoms with Gasteiger partial charge in [-0.05, 0) is 51.0 Å². The van der Waals surface area contributed by atoms with Crippen molar-refractivity contribution in [3.05, 3.63) is 99.2 Å². The number of anilines is 1. The zero-order valence-electron chi connectivity index (χ0n) is 22.7. The molecule has 0 fully saturated rings.